The third kappa shape index (κ3) is 2.35. The minimum Gasteiger partial charge on any atom is -0.495 e. The number of benzene rings is 1. The molecule has 0 bridgehead atoms. The zero-order valence-electron chi connectivity index (χ0n) is 10.6. The molecule has 1 unspecified atom stereocenters. The van der Waals surface area contributed by atoms with Crippen molar-refractivity contribution in [3.8, 4) is 17.0 Å². The van der Waals surface area contributed by atoms with Gasteiger partial charge in [-0.2, -0.15) is 0 Å². The average Bonchev–Trinajstić information content (AvgIpc) is 2.71. The number of hydrogen-bond acceptors (Lipinski definition) is 3. The highest BCUT2D eigenvalue weighted by atomic mass is 35.5. The smallest absolute Gasteiger partial charge is 0.137 e. The number of hydrogen-bond donors (Lipinski definition) is 2. The summed E-state index contributed by atoms with van der Waals surface area (Å²) in [6.45, 7) is 3.86. The topological polar surface area (TPSA) is 63.9 Å². The standard InChI is InChI=1S/C13H16ClN3O/c1-7(15)13-16-8(2)12(17-13)9-4-5-11(18-3)10(14)6-9/h4-7H,15H2,1-3H3,(H,16,17). The van der Waals surface area contributed by atoms with Gasteiger partial charge in [-0.1, -0.05) is 11.6 Å². The van der Waals surface area contributed by atoms with Gasteiger partial charge in [-0.05, 0) is 32.0 Å². The van der Waals surface area contributed by atoms with Crippen LogP contribution in [0.25, 0.3) is 11.3 Å². The molecule has 0 aliphatic carbocycles. The predicted molar refractivity (Wildman–Crippen MR) is 72.9 cm³/mol. The van der Waals surface area contributed by atoms with Crippen molar-refractivity contribution in [2.24, 2.45) is 5.73 Å². The summed E-state index contributed by atoms with van der Waals surface area (Å²) in [5.41, 5.74) is 8.60. The summed E-state index contributed by atoms with van der Waals surface area (Å²) < 4.78 is 5.13. The molecule has 0 radical (unpaired) electrons. The fourth-order valence-electron chi connectivity index (χ4n) is 1.79. The number of H-pyrrole nitrogens is 1. The number of imidazole rings is 1. The Morgan fingerprint density at radius 2 is 2.17 bits per heavy atom. The number of ether oxygens (including phenoxy) is 1. The van der Waals surface area contributed by atoms with Crippen molar-refractivity contribution in [3.63, 3.8) is 0 Å². The highest BCUT2D eigenvalue weighted by Crippen LogP contribution is 2.31. The molecule has 0 fully saturated rings. The van der Waals surface area contributed by atoms with E-state index in [1.165, 1.54) is 0 Å². The fraction of sp³-hybridized carbons (Fsp3) is 0.308. The van der Waals surface area contributed by atoms with E-state index in [9.17, 15) is 0 Å². The summed E-state index contributed by atoms with van der Waals surface area (Å²) in [4.78, 5) is 7.68. The van der Waals surface area contributed by atoms with Crippen LogP contribution in [0.15, 0.2) is 18.2 Å². The van der Waals surface area contributed by atoms with Gasteiger partial charge in [0.05, 0.1) is 23.9 Å². The van der Waals surface area contributed by atoms with Gasteiger partial charge in [0.15, 0.2) is 0 Å². The molecule has 3 N–H and O–H groups in total. The van der Waals surface area contributed by atoms with E-state index in [4.69, 9.17) is 22.1 Å². The molecule has 5 heteroatoms. The van der Waals surface area contributed by atoms with Crippen molar-refractivity contribution in [1.29, 1.82) is 0 Å². The molecule has 0 aliphatic heterocycles. The van der Waals surface area contributed by atoms with E-state index >= 15 is 0 Å². The SMILES string of the molecule is COc1ccc(-c2nc(C(C)N)[nH]c2C)cc1Cl. The maximum Gasteiger partial charge on any atom is 0.137 e. The van der Waals surface area contributed by atoms with E-state index in [2.05, 4.69) is 9.97 Å². The number of aromatic nitrogens is 2. The Kier molecular flexibility index (Phi) is 3.59. The van der Waals surface area contributed by atoms with E-state index < -0.39 is 0 Å². The van der Waals surface area contributed by atoms with E-state index in [1.807, 2.05) is 32.0 Å². The van der Waals surface area contributed by atoms with Gasteiger partial charge in [-0.15, -0.1) is 0 Å². The molecule has 18 heavy (non-hydrogen) atoms. The number of aromatic amines is 1. The molecular formula is C13H16ClN3O. The Labute approximate surface area is 111 Å². The molecule has 1 aromatic carbocycles. The molecule has 0 saturated heterocycles. The lowest BCUT2D eigenvalue weighted by atomic mass is 10.1. The Morgan fingerprint density at radius 1 is 1.44 bits per heavy atom. The van der Waals surface area contributed by atoms with Gasteiger partial charge in [-0.25, -0.2) is 4.98 Å². The molecule has 1 atom stereocenters. The Balaban J connectivity index is 2.45. The number of halogens is 1. The summed E-state index contributed by atoms with van der Waals surface area (Å²) in [6, 6.07) is 5.48. The second kappa shape index (κ2) is 5.00. The molecule has 1 heterocycles. The second-order valence-electron chi connectivity index (χ2n) is 4.23. The first kappa shape index (κ1) is 12.9. The zero-order chi connectivity index (χ0) is 13.3. The molecule has 0 spiro atoms. The van der Waals surface area contributed by atoms with Crippen LogP contribution in [0, 0.1) is 6.92 Å². The maximum atomic E-state index is 6.11. The van der Waals surface area contributed by atoms with Crippen LogP contribution >= 0.6 is 11.6 Å². The van der Waals surface area contributed by atoms with Gasteiger partial charge in [0.2, 0.25) is 0 Å². The molecule has 0 amide bonds. The van der Waals surface area contributed by atoms with Crippen molar-refractivity contribution in [2.75, 3.05) is 7.11 Å². The van der Waals surface area contributed by atoms with Crippen LogP contribution in [0.3, 0.4) is 0 Å². The van der Waals surface area contributed by atoms with E-state index in [0.717, 1.165) is 22.8 Å². The van der Waals surface area contributed by atoms with Crippen LogP contribution in [-0.2, 0) is 0 Å². The molecule has 2 aromatic rings. The predicted octanol–water partition coefficient (Wildman–Crippen LogP) is 3.07. The molecular weight excluding hydrogens is 250 g/mol. The lowest BCUT2D eigenvalue weighted by molar-refractivity contribution is 0.415. The average molecular weight is 266 g/mol. The number of methoxy groups -OCH3 is 1. The van der Waals surface area contributed by atoms with Crippen molar-refractivity contribution in [1.82, 2.24) is 9.97 Å². The van der Waals surface area contributed by atoms with Gasteiger partial charge >= 0.3 is 0 Å². The monoisotopic (exact) mass is 265 g/mol. The first-order valence-corrected chi connectivity index (χ1v) is 6.06. The molecule has 4 nitrogen and oxygen atoms in total. The minimum absolute atomic E-state index is 0.119. The van der Waals surface area contributed by atoms with E-state index in [-0.39, 0.29) is 6.04 Å². The Hall–Kier alpha value is -1.52. The number of aryl methyl sites for hydroxylation is 1. The van der Waals surface area contributed by atoms with Gasteiger partial charge in [0, 0.05) is 11.3 Å². The molecule has 0 saturated carbocycles. The summed E-state index contributed by atoms with van der Waals surface area (Å²) in [5.74, 6) is 1.43. The molecule has 0 aliphatic rings. The van der Waals surface area contributed by atoms with Crippen LogP contribution in [0.2, 0.25) is 5.02 Å². The highest BCUT2D eigenvalue weighted by Gasteiger charge is 2.12. The first-order valence-electron chi connectivity index (χ1n) is 5.69. The van der Waals surface area contributed by atoms with E-state index in [1.54, 1.807) is 7.11 Å². The minimum atomic E-state index is -0.119. The molecule has 96 valence electrons. The molecule has 2 rings (SSSR count). The highest BCUT2D eigenvalue weighted by molar-refractivity contribution is 6.32. The van der Waals surface area contributed by atoms with Crippen LogP contribution in [0.4, 0.5) is 0 Å². The fourth-order valence-corrected chi connectivity index (χ4v) is 2.05. The van der Waals surface area contributed by atoms with Gasteiger partial charge < -0.3 is 15.5 Å². The Bertz CT molecular complexity index is 563. The van der Waals surface area contributed by atoms with Crippen molar-refractivity contribution in [3.05, 3.63) is 34.7 Å². The van der Waals surface area contributed by atoms with Crippen LogP contribution in [-0.4, -0.2) is 17.1 Å². The third-order valence-electron chi connectivity index (χ3n) is 2.76. The van der Waals surface area contributed by atoms with Crippen LogP contribution in [0.1, 0.15) is 24.5 Å². The first-order chi connectivity index (χ1) is 8.52. The van der Waals surface area contributed by atoms with Crippen molar-refractivity contribution >= 4 is 11.6 Å². The third-order valence-corrected chi connectivity index (χ3v) is 3.05. The summed E-state index contributed by atoms with van der Waals surface area (Å²) >= 11 is 6.11. The summed E-state index contributed by atoms with van der Waals surface area (Å²) in [5, 5.41) is 0.569. The van der Waals surface area contributed by atoms with E-state index in [0.29, 0.717) is 10.8 Å². The lowest BCUT2D eigenvalue weighted by Gasteiger charge is -2.05. The number of rotatable bonds is 3. The number of nitrogens with two attached hydrogens (primary N) is 1. The summed E-state index contributed by atoms with van der Waals surface area (Å²) in [6.07, 6.45) is 0. The zero-order valence-corrected chi connectivity index (χ0v) is 11.4. The quantitative estimate of drug-likeness (QED) is 0.896. The normalized spacial score (nSPS) is 12.5. The molecule has 1 aromatic heterocycles. The van der Waals surface area contributed by atoms with Crippen LogP contribution < -0.4 is 10.5 Å². The van der Waals surface area contributed by atoms with Gasteiger partial charge in [-0.3, -0.25) is 0 Å². The van der Waals surface area contributed by atoms with Crippen LogP contribution in [0.5, 0.6) is 5.75 Å². The van der Waals surface area contributed by atoms with Gasteiger partial charge in [0.1, 0.15) is 11.6 Å². The maximum absolute atomic E-state index is 6.11. The number of nitrogens with one attached hydrogen (secondary N) is 1. The van der Waals surface area contributed by atoms with Crippen molar-refractivity contribution < 1.29 is 4.74 Å². The Morgan fingerprint density at radius 3 is 2.67 bits per heavy atom. The largest absolute Gasteiger partial charge is 0.495 e. The van der Waals surface area contributed by atoms with Crippen molar-refractivity contribution in [2.45, 2.75) is 19.9 Å². The summed E-state index contributed by atoms with van der Waals surface area (Å²) in [7, 11) is 1.59. The van der Waals surface area contributed by atoms with Gasteiger partial charge in [0.25, 0.3) is 0 Å². The lowest BCUT2D eigenvalue weighted by Crippen LogP contribution is -2.06. The second-order valence-corrected chi connectivity index (χ2v) is 4.64. The number of nitrogens with zero attached hydrogens (tertiary/aromatic N) is 1.